The summed E-state index contributed by atoms with van der Waals surface area (Å²) >= 11 is 4.30. The van der Waals surface area contributed by atoms with Crippen LogP contribution in [0.4, 0.5) is 5.69 Å². The van der Waals surface area contributed by atoms with Gasteiger partial charge in [-0.2, -0.15) is 0 Å². The van der Waals surface area contributed by atoms with E-state index in [1.165, 1.54) is 12.1 Å². The number of sulfonamides is 1. The van der Waals surface area contributed by atoms with Gasteiger partial charge in [-0.25, -0.2) is 8.42 Å². The molecule has 0 spiro atoms. The van der Waals surface area contributed by atoms with Crippen LogP contribution < -0.4 is 4.72 Å². The average Bonchev–Trinajstić information content (AvgIpc) is 2.83. The van der Waals surface area contributed by atoms with Gasteiger partial charge in [-0.15, -0.1) is 11.3 Å². The number of hydrogen-bond acceptors (Lipinski definition) is 4. The number of anilines is 1. The molecule has 0 unspecified atom stereocenters. The lowest BCUT2D eigenvalue weighted by Crippen LogP contribution is -2.12. The molecule has 21 heavy (non-hydrogen) atoms. The third kappa shape index (κ3) is 3.84. The summed E-state index contributed by atoms with van der Waals surface area (Å²) in [4.78, 5) is 11.1. The number of aliphatic carboxylic acids is 1. The molecule has 0 atom stereocenters. The number of halogens is 1. The van der Waals surface area contributed by atoms with Crippen molar-refractivity contribution in [1.29, 1.82) is 0 Å². The first-order valence-electron chi connectivity index (χ1n) is 5.88. The van der Waals surface area contributed by atoms with E-state index >= 15 is 0 Å². The number of carboxylic acids is 1. The van der Waals surface area contributed by atoms with E-state index in [1.54, 1.807) is 19.1 Å². The Morgan fingerprint density at radius 2 is 2.05 bits per heavy atom. The van der Waals surface area contributed by atoms with E-state index in [1.807, 2.05) is 6.07 Å². The van der Waals surface area contributed by atoms with Crippen molar-refractivity contribution in [3.63, 3.8) is 0 Å². The van der Waals surface area contributed by atoms with E-state index in [0.717, 1.165) is 21.4 Å². The first-order chi connectivity index (χ1) is 9.79. The molecule has 2 aromatic rings. The van der Waals surface area contributed by atoms with Crippen molar-refractivity contribution in [1.82, 2.24) is 0 Å². The Hall–Kier alpha value is -1.38. The van der Waals surface area contributed by atoms with Crippen molar-refractivity contribution in [2.75, 3.05) is 4.72 Å². The fraction of sp³-hybridized carbons (Fsp3) is 0.154. The van der Waals surface area contributed by atoms with Crippen molar-refractivity contribution in [3.8, 4) is 0 Å². The monoisotopic (exact) mass is 389 g/mol. The van der Waals surface area contributed by atoms with Gasteiger partial charge in [0.2, 0.25) is 0 Å². The van der Waals surface area contributed by atoms with Crippen molar-refractivity contribution < 1.29 is 18.3 Å². The summed E-state index contributed by atoms with van der Waals surface area (Å²) in [5.41, 5.74) is 1.26. The van der Waals surface area contributed by atoms with Crippen LogP contribution in [-0.4, -0.2) is 19.5 Å². The van der Waals surface area contributed by atoms with E-state index in [4.69, 9.17) is 5.11 Å². The highest BCUT2D eigenvalue weighted by atomic mass is 79.9. The first kappa shape index (κ1) is 16.0. The third-order valence-electron chi connectivity index (χ3n) is 2.74. The molecule has 1 aromatic carbocycles. The number of hydrogen-bond donors (Lipinski definition) is 2. The maximum Gasteiger partial charge on any atom is 0.308 e. The number of nitrogens with one attached hydrogen (secondary N) is 1. The second-order valence-corrected chi connectivity index (χ2v) is 8.24. The highest BCUT2D eigenvalue weighted by Crippen LogP contribution is 2.28. The molecule has 2 rings (SSSR count). The Morgan fingerprint density at radius 1 is 1.33 bits per heavy atom. The molecule has 0 saturated carbocycles. The third-order valence-corrected chi connectivity index (χ3v) is 6.54. The second-order valence-electron chi connectivity index (χ2n) is 4.31. The fourth-order valence-corrected chi connectivity index (χ4v) is 4.50. The van der Waals surface area contributed by atoms with E-state index in [2.05, 4.69) is 20.7 Å². The summed E-state index contributed by atoms with van der Waals surface area (Å²) in [6.07, 6.45) is -0.184. The van der Waals surface area contributed by atoms with Crippen LogP contribution in [0, 0.1) is 6.92 Å². The number of carbonyl (C=O) groups is 1. The summed E-state index contributed by atoms with van der Waals surface area (Å²) < 4.78 is 28.0. The molecule has 0 aliphatic heterocycles. The largest absolute Gasteiger partial charge is 0.481 e. The molecule has 0 radical (unpaired) electrons. The maximum absolute atomic E-state index is 12.3. The highest BCUT2D eigenvalue weighted by Gasteiger charge is 2.19. The van der Waals surface area contributed by atoms with Crippen molar-refractivity contribution in [2.45, 2.75) is 17.6 Å². The van der Waals surface area contributed by atoms with Gasteiger partial charge in [0.1, 0.15) is 4.21 Å². The van der Waals surface area contributed by atoms with Gasteiger partial charge in [0.05, 0.1) is 12.1 Å². The predicted octanol–water partition coefficient (Wildman–Crippen LogP) is 3.25. The summed E-state index contributed by atoms with van der Waals surface area (Å²) in [5.74, 6) is -0.989. The van der Waals surface area contributed by atoms with Crippen molar-refractivity contribution >= 4 is 48.9 Å². The Balaban J connectivity index is 2.28. The zero-order valence-electron chi connectivity index (χ0n) is 11.0. The second kappa shape index (κ2) is 6.17. The molecule has 2 N–H and O–H groups in total. The quantitative estimate of drug-likeness (QED) is 0.821. The summed E-state index contributed by atoms with van der Waals surface area (Å²) in [7, 11) is -3.71. The van der Waals surface area contributed by atoms with Crippen LogP contribution in [0.15, 0.2) is 39.0 Å². The van der Waals surface area contributed by atoms with Crippen LogP contribution in [0.25, 0.3) is 0 Å². The van der Waals surface area contributed by atoms with Crippen LogP contribution >= 0.6 is 27.3 Å². The number of carboxylic acid groups (broad SMARTS) is 1. The Labute approximate surface area is 134 Å². The smallest absolute Gasteiger partial charge is 0.308 e. The molecule has 1 heterocycles. The van der Waals surface area contributed by atoms with Crippen molar-refractivity contribution in [3.05, 3.63) is 45.2 Å². The Bertz CT molecular complexity index is 783. The van der Waals surface area contributed by atoms with Gasteiger partial charge in [-0.05, 0) is 36.8 Å². The SMILES string of the molecule is Cc1c(Br)cccc1NS(=O)(=O)c1ccc(CC(=O)O)s1. The molecule has 8 heteroatoms. The lowest BCUT2D eigenvalue weighted by Gasteiger charge is -2.10. The van der Waals surface area contributed by atoms with Gasteiger partial charge in [0.15, 0.2) is 0 Å². The van der Waals surface area contributed by atoms with Gasteiger partial charge >= 0.3 is 5.97 Å². The normalized spacial score (nSPS) is 11.3. The first-order valence-corrected chi connectivity index (χ1v) is 8.97. The average molecular weight is 390 g/mol. The zero-order chi connectivity index (χ0) is 15.6. The molecule has 0 aliphatic rings. The van der Waals surface area contributed by atoms with Gasteiger partial charge in [-0.3, -0.25) is 9.52 Å². The van der Waals surface area contributed by atoms with Crippen molar-refractivity contribution in [2.24, 2.45) is 0 Å². The van der Waals surface area contributed by atoms with Gasteiger partial charge in [0.25, 0.3) is 10.0 Å². The molecule has 0 fully saturated rings. The van der Waals surface area contributed by atoms with Crippen LogP contribution in [0.2, 0.25) is 0 Å². The fourth-order valence-electron chi connectivity index (χ4n) is 1.66. The van der Waals surface area contributed by atoms with Crippen LogP contribution in [0.3, 0.4) is 0 Å². The molecule has 0 saturated heterocycles. The summed E-state index contributed by atoms with van der Waals surface area (Å²) in [6.45, 7) is 1.80. The summed E-state index contributed by atoms with van der Waals surface area (Å²) in [5, 5.41) is 8.72. The maximum atomic E-state index is 12.3. The topological polar surface area (TPSA) is 83.5 Å². The van der Waals surface area contributed by atoms with Gasteiger partial charge < -0.3 is 5.11 Å². The lowest BCUT2D eigenvalue weighted by atomic mass is 10.2. The number of rotatable bonds is 5. The van der Waals surface area contributed by atoms with E-state index in [9.17, 15) is 13.2 Å². The molecule has 1 aromatic heterocycles. The van der Waals surface area contributed by atoms with Crippen LogP contribution in [0.1, 0.15) is 10.4 Å². The minimum Gasteiger partial charge on any atom is -0.481 e. The predicted molar refractivity (Wildman–Crippen MR) is 85.3 cm³/mol. The lowest BCUT2D eigenvalue weighted by molar-refractivity contribution is -0.136. The van der Waals surface area contributed by atoms with Gasteiger partial charge in [0, 0.05) is 9.35 Å². The summed E-state index contributed by atoms with van der Waals surface area (Å²) in [6, 6.07) is 8.16. The molecule has 0 amide bonds. The van der Waals surface area contributed by atoms with E-state index < -0.39 is 16.0 Å². The number of benzene rings is 1. The molecule has 0 aliphatic carbocycles. The standard InChI is InChI=1S/C13H12BrNO4S2/c1-8-10(14)3-2-4-11(8)15-21(18,19)13-6-5-9(20-13)7-12(16)17/h2-6,15H,7H2,1H3,(H,16,17). The molecule has 0 bridgehead atoms. The Kier molecular flexibility index (Phi) is 4.70. The van der Waals surface area contributed by atoms with E-state index in [-0.39, 0.29) is 10.6 Å². The molecular weight excluding hydrogens is 378 g/mol. The highest BCUT2D eigenvalue weighted by molar-refractivity contribution is 9.10. The van der Waals surface area contributed by atoms with Crippen LogP contribution in [-0.2, 0) is 21.2 Å². The minimum absolute atomic E-state index is 0.0955. The van der Waals surface area contributed by atoms with E-state index in [0.29, 0.717) is 10.6 Å². The number of thiophene rings is 1. The van der Waals surface area contributed by atoms with Crippen LogP contribution in [0.5, 0.6) is 0 Å². The Morgan fingerprint density at radius 3 is 2.71 bits per heavy atom. The van der Waals surface area contributed by atoms with Gasteiger partial charge in [-0.1, -0.05) is 22.0 Å². The minimum atomic E-state index is -3.71. The molecular formula is C13H12BrNO4S2. The zero-order valence-corrected chi connectivity index (χ0v) is 14.2. The molecule has 112 valence electrons. The molecule has 5 nitrogen and oxygen atoms in total.